The van der Waals surface area contributed by atoms with E-state index in [0.29, 0.717) is 18.3 Å². The Morgan fingerprint density at radius 3 is 2.75 bits per heavy atom. The van der Waals surface area contributed by atoms with E-state index < -0.39 is 0 Å². The molecule has 152 valence electrons. The van der Waals surface area contributed by atoms with E-state index >= 15 is 0 Å². The lowest BCUT2D eigenvalue weighted by atomic mass is 9.79. The molecular weight excluding hydrogens is 397 g/mol. The van der Waals surface area contributed by atoms with Crippen molar-refractivity contribution in [2.45, 2.75) is 50.0 Å². The Bertz CT molecular complexity index is 797. The molecule has 8 heteroatoms. The number of nitrogens with one attached hydrogen (secondary N) is 2. The van der Waals surface area contributed by atoms with Crippen LogP contribution in [0.15, 0.2) is 30.5 Å². The summed E-state index contributed by atoms with van der Waals surface area (Å²) in [4.78, 5) is 12.7. The van der Waals surface area contributed by atoms with E-state index in [1.54, 1.807) is 6.20 Å². The van der Waals surface area contributed by atoms with Crippen LogP contribution in [-0.4, -0.2) is 40.5 Å². The summed E-state index contributed by atoms with van der Waals surface area (Å²) >= 11 is 6.21. The molecule has 0 spiro atoms. The van der Waals surface area contributed by atoms with Crippen LogP contribution in [0.1, 0.15) is 60.6 Å². The monoisotopic (exact) mass is 423 g/mol. The first-order valence-corrected chi connectivity index (χ1v) is 10.2. The lowest BCUT2D eigenvalue weighted by Crippen LogP contribution is -2.39. The Hall–Kier alpha value is -1.63. The Kier molecular flexibility index (Phi) is 6.96. The van der Waals surface area contributed by atoms with Crippen molar-refractivity contribution in [3.63, 3.8) is 0 Å². The highest BCUT2D eigenvalue weighted by Crippen LogP contribution is 2.41. The lowest BCUT2D eigenvalue weighted by Gasteiger charge is -2.30. The Morgan fingerprint density at radius 1 is 1.29 bits per heavy atom. The molecule has 6 nitrogen and oxygen atoms in total. The number of nitrogens with zero attached hydrogens (tertiary/aromatic N) is 3. The SMILES string of the molecule is Cl.O=C(NCC1(c2cccc(Cl)c2)CCCC1)c1cn(C2CCNCC2)nn1. The molecule has 1 aromatic carbocycles. The quantitative estimate of drug-likeness (QED) is 0.771. The van der Waals surface area contributed by atoms with E-state index in [-0.39, 0.29) is 23.7 Å². The van der Waals surface area contributed by atoms with Gasteiger partial charge in [-0.3, -0.25) is 4.79 Å². The van der Waals surface area contributed by atoms with Crippen LogP contribution in [0.3, 0.4) is 0 Å². The summed E-state index contributed by atoms with van der Waals surface area (Å²) in [5.41, 5.74) is 1.57. The molecule has 0 unspecified atom stereocenters. The van der Waals surface area contributed by atoms with Crippen molar-refractivity contribution in [3.05, 3.63) is 46.7 Å². The van der Waals surface area contributed by atoms with E-state index in [4.69, 9.17) is 11.6 Å². The van der Waals surface area contributed by atoms with Gasteiger partial charge in [-0.25, -0.2) is 4.68 Å². The van der Waals surface area contributed by atoms with Crippen LogP contribution in [0.4, 0.5) is 0 Å². The highest BCUT2D eigenvalue weighted by molar-refractivity contribution is 6.30. The van der Waals surface area contributed by atoms with Gasteiger partial charge in [0.2, 0.25) is 0 Å². The number of piperidine rings is 1. The van der Waals surface area contributed by atoms with E-state index in [2.05, 4.69) is 27.0 Å². The number of carbonyl (C=O) groups is 1. The zero-order valence-electron chi connectivity index (χ0n) is 15.9. The van der Waals surface area contributed by atoms with Crippen molar-refractivity contribution >= 4 is 29.9 Å². The molecule has 2 N–H and O–H groups in total. The van der Waals surface area contributed by atoms with Crippen LogP contribution in [0.25, 0.3) is 0 Å². The van der Waals surface area contributed by atoms with E-state index in [1.165, 1.54) is 18.4 Å². The molecule has 2 fully saturated rings. The maximum atomic E-state index is 12.7. The van der Waals surface area contributed by atoms with Crippen molar-refractivity contribution < 1.29 is 4.79 Å². The van der Waals surface area contributed by atoms with Gasteiger partial charge in [0.05, 0.1) is 12.2 Å². The fraction of sp³-hybridized carbons (Fsp3) is 0.550. The van der Waals surface area contributed by atoms with Crippen molar-refractivity contribution in [1.82, 2.24) is 25.6 Å². The van der Waals surface area contributed by atoms with Gasteiger partial charge in [-0.1, -0.05) is 41.8 Å². The van der Waals surface area contributed by atoms with Crippen molar-refractivity contribution in [3.8, 4) is 0 Å². The average Bonchev–Trinajstić information content (AvgIpc) is 3.38. The van der Waals surface area contributed by atoms with Crippen molar-refractivity contribution in [2.24, 2.45) is 0 Å². The maximum Gasteiger partial charge on any atom is 0.273 e. The Labute approximate surface area is 176 Å². The molecule has 1 saturated heterocycles. The zero-order valence-corrected chi connectivity index (χ0v) is 17.4. The molecule has 2 aliphatic rings. The summed E-state index contributed by atoms with van der Waals surface area (Å²) in [6.45, 7) is 2.56. The van der Waals surface area contributed by atoms with Gasteiger partial charge in [0, 0.05) is 17.0 Å². The Morgan fingerprint density at radius 2 is 2.04 bits per heavy atom. The number of rotatable bonds is 5. The predicted octanol–water partition coefficient (Wildman–Crippen LogP) is 3.52. The van der Waals surface area contributed by atoms with Crippen LogP contribution in [0.2, 0.25) is 5.02 Å². The van der Waals surface area contributed by atoms with Gasteiger partial charge >= 0.3 is 0 Å². The molecule has 1 aromatic heterocycles. The third-order valence-electron chi connectivity index (χ3n) is 6.01. The normalized spacial score (nSPS) is 19.2. The van der Waals surface area contributed by atoms with Gasteiger partial charge in [-0.05, 0) is 56.5 Å². The van der Waals surface area contributed by atoms with Crippen LogP contribution < -0.4 is 10.6 Å². The summed E-state index contributed by atoms with van der Waals surface area (Å²) in [6.07, 6.45) is 8.30. The zero-order chi connectivity index (χ0) is 18.7. The van der Waals surface area contributed by atoms with Gasteiger partial charge in [0.15, 0.2) is 5.69 Å². The number of aromatic nitrogens is 3. The van der Waals surface area contributed by atoms with Crippen LogP contribution in [0, 0.1) is 0 Å². The van der Waals surface area contributed by atoms with Gasteiger partial charge in [-0.15, -0.1) is 17.5 Å². The lowest BCUT2D eigenvalue weighted by molar-refractivity contribution is 0.0938. The fourth-order valence-corrected chi connectivity index (χ4v) is 4.60. The van der Waals surface area contributed by atoms with E-state index in [1.807, 2.05) is 22.9 Å². The first-order valence-electron chi connectivity index (χ1n) is 9.83. The second-order valence-electron chi connectivity index (χ2n) is 7.75. The van der Waals surface area contributed by atoms with Gasteiger partial charge < -0.3 is 10.6 Å². The fourth-order valence-electron chi connectivity index (χ4n) is 4.41. The summed E-state index contributed by atoms with van der Waals surface area (Å²) in [5, 5.41) is 15.5. The van der Waals surface area contributed by atoms with Gasteiger partial charge in [0.1, 0.15) is 0 Å². The summed E-state index contributed by atoms with van der Waals surface area (Å²) < 4.78 is 1.85. The minimum atomic E-state index is -0.150. The van der Waals surface area contributed by atoms with Gasteiger partial charge in [0.25, 0.3) is 5.91 Å². The second-order valence-corrected chi connectivity index (χ2v) is 8.18. The number of amides is 1. The third-order valence-corrected chi connectivity index (χ3v) is 6.25. The molecule has 1 aliphatic heterocycles. The smallest absolute Gasteiger partial charge is 0.273 e. The van der Waals surface area contributed by atoms with Crippen molar-refractivity contribution in [1.29, 1.82) is 0 Å². The average molecular weight is 424 g/mol. The van der Waals surface area contributed by atoms with Crippen LogP contribution in [-0.2, 0) is 5.41 Å². The summed E-state index contributed by atoms with van der Waals surface area (Å²) in [6, 6.07) is 8.37. The first-order chi connectivity index (χ1) is 13.2. The highest BCUT2D eigenvalue weighted by Gasteiger charge is 2.36. The molecule has 0 atom stereocenters. The number of hydrogen-bond acceptors (Lipinski definition) is 4. The molecule has 0 bridgehead atoms. The highest BCUT2D eigenvalue weighted by atomic mass is 35.5. The van der Waals surface area contributed by atoms with Crippen molar-refractivity contribution in [2.75, 3.05) is 19.6 Å². The number of halogens is 2. The molecular formula is C20H27Cl2N5O. The largest absolute Gasteiger partial charge is 0.350 e. The van der Waals surface area contributed by atoms with Gasteiger partial charge in [-0.2, -0.15) is 0 Å². The number of hydrogen-bond donors (Lipinski definition) is 2. The minimum Gasteiger partial charge on any atom is -0.350 e. The molecule has 28 heavy (non-hydrogen) atoms. The predicted molar refractivity (Wildman–Crippen MR) is 112 cm³/mol. The number of carbonyl (C=O) groups excluding carboxylic acids is 1. The van der Waals surface area contributed by atoms with E-state index in [0.717, 1.165) is 43.8 Å². The molecule has 2 aromatic rings. The molecule has 1 saturated carbocycles. The summed E-state index contributed by atoms with van der Waals surface area (Å²) in [7, 11) is 0. The first kappa shape index (κ1) is 21.1. The molecule has 2 heterocycles. The topological polar surface area (TPSA) is 71.8 Å². The summed E-state index contributed by atoms with van der Waals surface area (Å²) in [5.74, 6) is -0.150. The number of benzene rings is 1. The molecule has 0 radical (unpaired) electrons. The maximum absolute atomic E-state index is 12.7. The molecule has 4 rings (SSSR count). The van der Waals surface area contributed by atoms with Crippen LogP contribution in [0.5, 0.6) is 0 Å². The van der Waals surface area contributed by atoms with Crippen LogP contribution >= 0.6 is 24.0 Å². The minimum absolute atomic E-state index is 0. The molecule has 1 amide bonds. The second kappa shape index (κ2) is 9.25. The standard InChI is InChI=1S/C20H26ClN5O.ClH/c21-16-5-3-4-15(12-16)20(8-1-2-9-20)14-23-19(27)18-13-26(25-24-18)17-6-10-22-11-7-17;/h3-5,12-13,17,22H,1-2,6-11,14H2,(H,23,27);1H. The van der Waals surface area contributed by atoms with E-state index in [9.17, 15) is 4.79 Å². The molecule has 1 aliphatic carbocycles. The Balaban J connectivity index is 0.00000225. The third kappa shape index (κ3) is 4.50.